The fourth-order valence-electron chi connectivity index (χ4n) is 3.46. The normalized spacial score (nSPS) is 14.9. The monoisotopic (exact) mass is 398 g/mol. The summed E-state index contributed by atoms with van der Waals surface area (Å²) in [6.07, 6.45) is 3.84. The highest BCUT2D eigenvalue weighted by atomic mass is 32.2. The van der Waals surface area contributed by atoms with Crippen molar-refractivity contribution in [3.63, 3.8) is 0 Å². The lowest BCUT2D eigenvalue weighted by molar-refractivity contribution is -0.127. The van der Waals surface area contributed by atoms with E-state index < -0.39 is 10.0 Å². The first-order chi connectivity index (χ1) is 13.5. The molecule has 1 aromatic heterocycles. The van der Waals surface area contributed by atoms with E-state index in [1.54, 1.807) is 29.3 Å². The maximum atomic E-state index is 12.6. The van der Waals surface area contributed by atoms with Crippen molar-refractivity contribution in [3.05, 3.63) is 48.7 Å². The van der Waals surface area contributed by atoms with E-state index in [0.29, 0.717) is 25.9 Å². The number of fused-ring (bicyclic) bond motifs is 1. The zero-order valence-electron chi connectivity index (χ0n) is 15.4. The van der Waals surface area contributed by atoms with Gasteiger partial charge in [0.25, 0.3) is 0 Å². The van der Waals surface area contributed by atoms with E-state index in [4.69, 9.17) is 0 Å². The quantitative estimate of drug-likeness (QED) is 0.598. The van der Waals surface area contributed by atoms with Gasteiger partial charge in [0.15, 0.2) is 0 Å². The van der Waals surface area contributed by atoms with Crippen LogP contribution in [0.4, 0.5) is 0 Å². The smallest absolute Gasteiger partial charge is 0.240 e. The van der Waals surface area contributed by atoms with Crippen molar-refractivity contribution in [2.45, 2.75) is 24.2 Å². The Labute approximate surface area is 163 Å². The Kier molecular flexibility index (Phi) is 5.15. The predicted molar refractivity (Wildman–Crippen MR) is 107 cm³/mol. The maximum Gasteiger partial charge on any atom is 0.240 e. The number of sulfonamides is 1. The first-order valence-corrected chi connectivity index (χ1v) is 10.8. The Hall–Kier alpha value is -2.71. The molecule has 28 heavy (non-hydrogen) atoms. The molecule has 0 bridgehead atoms. The molecule has 0 saturated carbocycles. The highest BCUT2D eigenvalue weighted by molar-refractivity contribution is 7.89. The SMILES string of the molecule is O=C1CCCN1CCCNS(=O)(=O)c1cccc(-c2ccc3cn[nH]c3c2)c1. The second kappa shape index (κ2) is 7.73. The number of aromatic nitrogens is 2. The molecular formula is C20H22N4O3S. The zero-order valence-corrected chi connectivity index (χ0v) is 16.2. The van der Waals surface area contributed by atoms with Crippen molar-refractivity contribution in [1.29, 1.82) is 0 Å². The van der Waals surface area contributed by atoms with Gasteiger partial charge in [0.2, 0.25) is 15.9 Å². The van der Waals surface area contributed by atoms with Crippen LogP contribution in [-0.4, -0.2) is 49.1 Å². The number of hydrogen-bond acceptors (Lipinski definition) is 4. The third-order valence-electron chi connectivity index (χ3n) is 4.99. The van der Waals surface area contributed by atoms with Crippen LogP contribution in [0.15, 0.2) is 53.6 Å². The summed E-state index contributed by atoms with van der Waals surface area (Å²) >= 11 is 0. The van der Waals surface area contributed by atoms with Crippen LogP contribution in [0, 0.1) is 0 Å². The average Bonchev–Trinajstić information content (AvgIpc) is 3.33. The first kappa shape index (κ1) is 18.6. The molecular weight excluding hydrogens is 376 g/mol. The van der Waals surface area contributed by atoms with Gasteiger partial charge in [-0.15, -0.1) is 0 Å². The maximum absolute atomic E-state index is 12.6. The van der Waals surface area contributed by atoms with Crippen molar-refractivity contribution >= 4 is 26.8 Å². The number of rotatable bonds is 7. The molecule has 0 atom stereocenters. The Morgan fingerprint density at radius 1 is 1.14 bits per heavy atom. The second-order valence-corrected chi connectivity index (χ2v) is 8.70. The number of carbonyl (C=O) groups is 1. The van der Waals surface area contributed by atoms with E-state index in [-0.39, 0.29) is 10.8 Å². The summed E-state index contributed by atoms with van der Waals surface area (Å²) in [4.78, 5) is 13.6. The van der Waals surface area contributed by atoms with E-state index >= 15 is 0 Å². The molecule has 0 aliphatic carbocycles. The standard InChI is InChI=1S/C20H22N4O3S/c25-20-6-2-10-24(20)11-3-9-22-28(26,27)18-5-1-4-15(12-18)16-7-8-17-14-21-23-19(17)13-16/h1,4-5,7-8,12-14,22H,2-3,6,9-11H2,(H,21,23). The van der Waals surface area contributed by atoms with Crippen LogP contribution in [-0.2, 0) is 14.8 Å². The Morgan fingerprint density at radius 2 is 2.00 bits per heavy atom. The molecule has 146 valence electrons. The van der Waals surface area contributed by atoms with Gasteiger partial charge >= 0.3 is 0 Å². The van der Waals surface area contributed by atoms with E-state index in [0.717, 1.165) is 35.0 Å². The van der Waals surface area contributed by atoms with Crippen molar-refractivity contribution in [2.75, 3.05) is 19.6 Å². The number of amides is 1. The summed E-state index contributed by atoms with van der Waals surface area (Å²) in [5.74, 6) is 0.157. The fourth-order valence-corrected chi connectivity index (χ4v) is 4.58. The third-order valence-corrected chi connectivity index (χ3v) is 6.45. The highest BCUT2D eigenvalue weighted by Gasteiger charge is 2.20. The lowest BCUT2D eigenvalue weighted by atomic mass is 10.0. The van der Waals surface area contributed by atoms with Gasteiger partial charge in [-0.05, 0) is 42.2 Å². The average molecular weight is 398 g/mol. The molecule has 4 rings (SSSR count). The number of hydrogen-bond donors (Lipinski definition) is 2. The van der Waals surface area contributed by atoms with Crippen molar-refractivity contribution < 1.29 is 13.2 Å². The highest BCUT2D eigenvalue weighted by Crippen LogP contribution is 2.25. The fraction of sp³-hybridized carbons (Fsp3) is 0.300. The molecule has 0 radical (unpaired) electrons. The number of nitrogens with one attached hydrogen (secondary N) is 2. The number of benzene rings is 2. The van der Waals surface area contributed by atoms with Gasteiger partial charge < -0.3 is 4.90 Å². The van der Waals surface area contributed by atoms with Crippen molar-refractivity contribution in [1.82, 2.24) is 19.8 Å². The van der Waals surface area contributed by atoms with Gasteiger partial charge in [0, 0.05) is 31.4 Å². The molecule has 8 heteroatoms. The lowest BCUT2D eigenvalue weighted by Crippen LogP contribution is -2.30. The van der Waals surface area contributed by atoms with Gasteiger partial charge in [-0.25, -0.2) is 13.1 Å². The van der Waals surface area contributed by atoms with Gasteiger partial charge in [-0.3, -0.25) is 9.89 Å². The van der Waals surface area contributed by atoms with Gasteiger partial charge in [-0.1, -0.05) is 24.3 Å². The summed E-state index contributed by atoms with van der Waals surface area (Å²) in [5, 5.41) is 7.94. The molecule has 0 spiro atoms. The molecule has 2 heterocycles. The number of carbonyl (C=O) groups excluding carboxylic acids is 1. The molecule has 0 unspecified atom stereocenters. The topological polar surface area (TPSA) is 95.2 Å². The van der Waals surface area contributed by atoms with Crippen LogP contribution >= 0.6 is 0 Å². The number of nitrogens with zero attached hydrogens (tertiary/aromatic N) is 2. The summed E-state index contributed by atoms with van der Waals surface area (Å²) < 4.78 is 27.9. The molecule has 2 N–H and O–H groups in total. The van der Waals surface area contributed by atoms with E-state index in [9.17, 15) is 13.2 Å². The molecule has 7 nitrogen and oxygen atoms in total. The molecule has 2 aromatic carbocycles. The molecule has 1 aliphatic heterocycles. The summed E-state index contributed by atoms with van der Waals surface area (Å²) in [6.45, 7) is 1.66. The van der Waals surface area contributed by atoms with Crippen molar-refractivity contribution in [3.8, 4) is 11.1 Å². The van der Waals surface area contributed by atoms with Crippen LogP contribution in [0.3, 0.4) is 0 Å². The van der Waals surface area contributed by atoms with Gasteiger partial charge in [0.1, 0.15) is 0 Å². The van der Waals surface area contributed by atoms with Crippen LogP contribution in [0.2, 0.25) is 0 Å². The molecule has 1 aliphatic rings. The van der Waals surface area contributed by atoms with Crippen LogP contribution in [0.5, 0.6) is 0 Å². The van der Waals surface area contributed by atoms with Crippen molar-refractivity contribution in [2.24, 2.45) is 0 Å². The minimum absolute atomic E-state index is 0.157. The third kappa shape index (κ3) is 3.93. The van der Waals surface area contributed by atoms with E-state index in [1.165, 1.54) is 0 Å². The Bertz CT molecular complexity index is 1110. The summed E-state index contributed by atoms with van der Waals surface area (Å²) in [6, 6.07) is 12.7. The molecule has 1 saturated heterocycles. The van der Waals surface area contributed by atoms with Crippen LogP contribution in [0.25, 0.3) is 22.0 Å². The van der Waals surface area contributed by atoms with E-state index in [2.05, 4.69) is 14.9 Å². The predicted octanol–water partition coefficient (Wildman–Crippen LogP) is 2.52. The summed E-state index contributed by atoms with van der Waals surface area (Å²) in [7, 11) is -3.61. The molecule has 1 fully saturated rings. The molecule has 3 aromatic rings. The van der Waals surface area contributed by atoms with E-state index in [1.807, 2.05) is 24.3 Å². The van der Waals surface area contributed by atoms with Gasteiger partial charge in [-0.2, -0.15) is 5.10 Å². The Balaban J connectivity index is 1.44. The molecule has 1 amide bonds. The van der Waals surface area contributed by atoms with Gasteiger partial charge in [0.05, 0.1) is 16.6 Å². The summed E-state index contributed by atoms with van der Waals surface area (Å²) in [5.41, 5.74) is 2.64. The Morgan fingerprint density at radius 3 is 2.82 bits per heavy atom. The number of aromatic amines is 1. The minimum Gasteiger partial charge on any atom is -0.343 e. The van der Waals surface area contributed by atoms with Crippen LogP contribution < -0.4 is 4.72 Å². The number of H-pyrrole nitrogens is 1. The largest absolute Gasteiger partial charge is 0.343 e. The van der Waals surface area contributed by atoms with Crippen LogP contribution in [0.1, 0.15) is 19.3 Å². The minimum atomic E-state index is -3.61. The first-order valence-electron chi connectivity index (χ1n) is 9.34. The lowest BCUT2D eigenvalue weighted by Gasteiger charge is -2.15. The number of likely N-dealkylation sites (tertiary alicyclic amines) is 1. The second-order valence-electron chi connectivity index (χ2n) is 6.94. The zero-order chi connectivity index (χ0) is 19.6.